The van der Waals surface area contributed by atoms with E-state index in [9.17, 15) is 4.79 Å². The molecule has 0 saturated heterocycles. The number of nitrogens with two attached hydrogens (primary N) is 2. The predicted molar refractivity (Wildman–Crippen MR) is 33.9 cm³/mol. The molecule has 0 aromatic heterocycles. The average molecular weight is 116 g/mol. The molecule has 0 rings (SSSR count). The fourth-order valence-corrected chi connectivity index (χ4v) is 0.0393. The summed E-state index contributed by atoms with van der Waals surface area (Å²) in [7, 11) is 0. The van der Waals surface area contributed by atoms with Crippen molar-refractivity contribution in [3.63, 3.8) is 0 Å². The fraction of sp³-hybridized carbons (Fsp3) is 0.400. The van der Waals surface area contributed by atoms with Crippen LogP contribution in [0.2, 0.25) is 0 Å². The summed E-state index contributed by atoms with van der Waals surface area (Å²) < 4.78 is 0. The van der Waals surface area contributed by atoms with E-state index in [0.29, 0.717) is 6.29 Å². The van der Waals surface area contributed by atoms with Crippen molar-refractivity contribution in [1.29, 1.82) is 0 Å². The normalized spacial score (nSPS) is 9.00. The Morgan fingerprint density at radius 3 is 1.88 bits per heavy atom. The molecule has 0 aliphatic carbocycles. The molecule has 4 N–H and O–H groups in total. The summed E-state index contributed by atoms with van der Waals surface area (Å²) >= 11 is 0. The Kier molecular flexibility index (Phi) is 11.8. The van der Waals surface area contributed by atoms with Crippen LogP contribution in [0.5, 0.6) is 0 Å². The Morgan fingerprint density at radius 1 is 1.50 bits per heavy atom. The number of rotatable bonds is 1. The molecule has 0 aliphatic rings. The number of aldehydes is 1. The van der Waals surface area contributed by atoms with Crippen LogP contribution in [0, 0.1) is 0 Å². The molecule has 0 saturated carbocycles. The van der Waals surface area contributed by atoms with Gasteiger partial charge in [0.1, 0.15) is 0 Å². The first-order valence-corrected chi connectivity index (χ1v) is 2.44. The van der Waals surface area contributed by atoms with E-state index < -0.39 is 0 Å². The van der Waals surface area contributed by atoms with Gasteiger partial charge in [-0.3, -0.25) is 4.79 Å². The van der Waals surface area contributed by atoms with Gasteiger partial charge in [0.25, 0.3) is 0 Å². The van der Waals surface area contributed by atoms with E-state index in [4.69, 9.17) is 11.5 Å². The summed E-state index contributed by atoms with van der Waals surface area (Å²) in [5.74, 6) is 0. The van der Waals surface area contributed by atoms with Gasteiger partial charge in [-0.1, -0.05) is 13.8 Å². The summed E-state index contributed by atoms with van der Waals surface area (Å²) in [6.07, 6.45) is 1.53. The highest BCUT2D eigenvalue weighted by Gasteiger charge is 1.73. The van der Waals surface area contributed by atoms with E-state index in [-0.39, 0.29) is 5.70 Å². The Labute approximate surface area is 49.4 Å². The summed E-state index contributed by atoms with van der Waals surface area (Å²) in [4.78, 5) is 9.46. The van der Waals surface area contributed by atoms with Crippen molar-refractivity contribution in [3.8, 4) is 0 Å². The van der Waals surface area contributed by atoms with E-state index in [1.165, 1.54) is 0 Å². The van der Waals surface area contributed by atoms with Crippen LogP contribution in [0.4, 0.5) is 0 Å². The van der Waals surface area contributed by atoms with Crippen molar-refractivity contribution in [2.45, 2.75) is 13.8 Å². The Balaban J connectivity index is 0. The minimum Gasteiger partial charge on any atom is -0.403 e. The highest BCUT2D eigenvalue weighted by molar-refractivity contribution is 5.71. The molecular weight excluding hydrogens is 104 g/mol. The van der Waals surface area contributed by atoms with Gasteiger partial charge in [-0.05, 0) is 0 Å². The summed E-state index contributed by atoms with van der Waals surface area (Å²) in [6.45, 7) is 4.00. The van der Waals surface area contributed by atoms with Crippen LogP contribution < -0.4 is 11.5 Å². The zero-order valence-electron chi connectivity index (χ0n) is 5.22. The summed E-state index contributed by atoms with van der Waals surface area (Å²) in [5, 5.41) is 0. The molecule has 0 aliphatic heterocycles. The van der Waals surface area contributed by atoms with Crippen LogP contribution in [0.25, 0.3) is 0 Å². The van der Waals surface area contributed by atoms with Gasteiger partial charge in [0.05, 0.1) is 5.70 Å². The number of carbonyl (C=O) groups excluding carboxylic acids is 1. The van der Waals surface area contributed by atoms with E-state index in [0.717, 1.165) is 6.20 Å². The van der Waals surface area contributed by atoms with E-state index in [1.807, 2.05) is 13.8 Å². The van der Waals surface area contributed by atoms with Crippen LogP contribution in [0.3, 0.4) is 0 Å². The molecule has 0 aromatic carbocycles. The molecule has 48 valence electrons. The lowest BCUT2D eigenvalue weighted by Gasteiger charge is -1.76. The second-order valence-electron chi connectivity index (χ2n) is 0.785. The van der Waals surface area contributed by atoms with Gasteiger partial charge in [0, 0.05) is 6.20 Å². The molecule has 0 unspecified atom stereocenters. The van der Waals surface area contributed by atoms with Crippen LogP contribution in [0.15, 0.2) is 11.9 Å². The van der Waals surface area contributed by atoms with E-state index >= 15 is 0 Å². The van der Waals surface area contributed by atoms with Crippen LogP contribution in [0.1, 0.15) is 13.8 Å². The Hall–Kier alpha value is -0.990. The van der Waals surface area contributed by atoms with Gasteiger partial charge in [0.15, 0.2) is 6.29 Å². The molecule has 0 bridgehead atoms. The van der Waals surface area contributed by atoms with E-state index in [1.54, 1.807) is 0 Å². The number of hydrogen-bond acceptors (Lipinski definition) is 3. The van der Waals surface area contributed by atoms with Crippen molar-refractivity contribution >= 4 is 6.29 Å². The topological polar surface area (TPSA) is 69.1 Å². The zero-order chi connectivity index (χ0) is 6.99. The van der Waals surface area contributed by atoms with Gasteiger partial charge in [-0.15, -0.1) is 0 Å². The standard InChI is InChI=1S/C3H6N2O.C2H6/c4-1-3(5)2-6;1-2/h1-2H,4-5H2;1-2H3/b3-1+;. The third kappa shape index (κ3) is 8.89. The van der Waals surface area contributed by atoms with Gasteiger partial charge in [-0.2, -0.15) is 0 Å². The molecule has 0 radical (unpaired) electrons. The number of hydrogen-bond donors (Lipinski definition) is 2. The lowest BCUT2D eigenvalue weighted by Crippen LogP contribution is -2.00. The van der Waals surface area contributed by atoms with Gasteiger partial charge >= 0.3 is 0 Å². The quantitative estimate of drug-likeness (QED) is 0.373. The average Bonchev–Trinajstić information content (AvgIpc) is 1.91. The lowest BCUT2D eigenvalue weighted by atomic mass is 10.6. The summed E-state index contributed by atoms with van der Waals surface area (Å²) in [5.41, 5.74) is 9.67. The largest absolute Gasteiger partial charge is 0.403 e. The first-order valence-electron chi connectivity index (χ1n) is 2.44. The van der Waals surface area contributed by atoms with Crippen LogP contribution >= 0.6 is 0 Å². The molecule has 3 heteroatoms. The molecule has 8 heavy (non-hydrogen) atoms. The molecule has 3 nitrogen and oxygen atoms in total. The maximum atomic E-state index is 9.46. The first kappa shape index (κ1) is 10.1. The van der Waals surface area contributed by atoms with Crippen molar-refractivity contribution < 1.29 is 4.79 Å². The minimum atomic E-state index is 0.0648. The number of carbonyl (C=O) groups is 1. The highest BCUT2D eigenvalue weighted by atomic mass is 16.1. The molecular formula is C5H12N2O. The second-order valence-corrected chi connectivity index (χ2v) is 0.785. The molecule has 0 heterocycles. The van der Waals surface area contributed by atoms with Crippen molar-refractivity contribution in [3.05, 3.63) is 11.9 Å². The van der Waals surface area contributed by atoms with E-state index in [2.05, 4.69) is 0 Å². The SMILES string of the molecule is CC.N/C=C(/N)C=O. The van der Waals surface area contributed by atoms with Crippen molar-refractivity contribution in [2.75, 3.05) is 0 Å². The van der Waals surface area contributed by atoms with Gasteiger partial charge in [-0.25, -0.2) is 0 Å². The van der Waals surface area contributed by atoms with Gasteiger partial charge in [0.2, 0.25) is 0 Å². The zero-order valence-corrected chi connectivity index (χ0v) is 5.22. The number of allylic oxidation sites excluding steroid dienone is 1. The highest BCUT2D eigenvalue weighted by Crippen LogP contribution is 1.62. The fourth-order valence-electron chi connectivity index (χ4n) is 0.0393. The van der Waals surface area contributed by atoms with Crippen molar-refractivity contribution in [1.82, 2.24) is 0 Å². The van der Waals surface area contributed by atoms with Crippen LogP contribution in [-0.2, 0) is 4.79 Å². The molecule has 0 amide bonds. The molecule has 0 spiro atoms. The van der Waals surface area contributed by atoms with Crippen molar-refractivity contribution in [2.24, 2.45) is 11.5 Å². The molecule has 0 fully saturated rings. The minimum absolute atomic E-state index is 0.0648. The molecule has 0 aromatic rings. The second kappa shape index (κ2) is 9.38. The monoisotopic (exact) mass is 116 g/mol. The Morgan fingerprint density at radius 2 is 1.88 bits per heavy atom. The van der Waals surface area contributed by atoms with Gasteiger partial charge < -0.3 is 11.5 Å². The third-order valence-corrected chi connectivity index (χ3v) is 0.329. The molecule has 0 atom stereocenters. The smallest absolute Gasteiger partial charge is 0.167 e. The maximum Gasteiger partial charge on any atom is 0.167 e. The first-order chi connectivity index (χ1) is 3.81. The Bertz CT molecular complexity index is 78.5. The predicted octanol–water partition coefficient (Wildman–Crippen LogP) is -0.0297. The van der Waals surface area contributed by atoms with Crippen LogP contribution in [-0.4, -0.2) is 6.29 Å². The maximum absolute atomic E-state index is 9.46. The summed E-state index contributed by atoms with van der Waals surface area (Å²) in [6, 6.07) is 0. The third-order valence-electron chi connectivity index (χ3n) is 0.329. The lowest BCUT2D eigenvalue weighted by molar-refractivity contribution is -0.104.